The Labute approximate surface area is 128 Å². The standard InChI is InChI=1S/C17H19F2NO2/c1-21-15-5-2-12(3-6-15)13(11-20)8-9-22-17-7-4-14(18)10-16(17)19/h2-7,10,13H,8-9,11,20H2,1H3. The van der Waals surface area contributed by atoms with Gasteiger partial charge in [-0.1, -0.05) is 12.1 Å². The van der Waals surface area contributed by atoms with Gasteiger partial charge >= 0.3 is 0 Å². The van der Waals surface area contributed by atoms with Crippen LogP contribution in [0.5, 0.6) is 11.5 Å². The maximum absolute atomic E-state index is 13.5. The first-order valence-corrected chi connectivity index (χ1v) is 7.06. The van der Waals surface area contributed by atoms with Crippen molar-refractivity contribution < 1.29 is 18.3 Å². The van der Waals surface area contributed by atoms with Crippen molar-refractivity contribution in [2.45, 2.75) is 12.3 Å². The van der Waals surface area contributed by atoms with E-state index in [2.05, 4.69) is 0 Å². The van der Waals surface area contributed by atoms with Crippen molar-refractivity contribution in [2.24, 2.45) is 5.73 Å². The smallest absolute Gasteiger partial charge is 0.167 e. The molecule has 118 valence electrons. The van der Waals surface area contributed by atoms with E-state index in [4.69, 9.17) is 15.2 Å². The maximum Gasteiger partial charge on any atom is 0.167 e. The number of hydrogen-bond donors (Lipinski definition) is 1. The highest BCUT2D eigenvalue weighted by atomic mass is 19.1. The SMILES string of the molecule is COc1ccc(C(CN)CCOc2ccc(F)cc2F)cc1. The van der Waals surface area contributed by atoms with E-state index in [0.29, 0.717) is 19.6 Å². The highest BCUT2D eigenvalue weighted by Crippen LogP contribution is 2.23. The molecule has 2 aromatic carbocycles. The van der Waals surface area contributed by atoms with Gasteiger partial charge in [0.2, 0.25) is 0 Å². The largest absolute Gasteiger partial charge is 0.497 e. The molecule has 22 heavy (non-hydrogen) atoms. The third-order valence-corrected chi connectivity index (χ3v) is 3.49. The molecule has 0 saturated heterocycles. The lowest BCUT2D eigenvalue weighted by atomic mass is 9.96. The van der Waals surface area contributed by atoms with Crippen LogP contribution in [0, 0.1) is 11.6 Å². The lowest BCUT2D eigenvalue weighted by molar-refractivity contribution is 0.284. The molecular formula is C17H19F2NO2. The van der Waals surface area contributed by atoms with Gasteiger partial charge < -0.3 is 15.2 Å². The van der Waals surface area contributed by atoms with E-state index in [0.717, 1.165) is 17.4 Å². The van der Waals surface area contributed by atoms with Crippen molar-refractivity contribution in [3.8, 4) is 11.5 Å². The zero-order chi connectivity index (χ0) is 15.9. The van der Waals surface area contributed by atoms with Crippen molar-refractivity contribution >= 4 is 0 Å². The highest BCUT2D eigenvalue weighted by molar-refractivity contribution is 5.29. The first-order valence-electron chi connectivity index (χ1n) is 7.06. The van der Waals surface area contributed by atoms with Crippen LogP contribution < -0.4 is 15.2 Å². The molecule has 0 fully saturated rings. The third kappa shape index (κ3) is 4.18. The minimum absolute atomic E-state index is 0.0481. The minimum Gasteiger partial charge on any atom is -0.497 e. The van der Waals surface area contributed by atoms with E-state index in [1.807, 2.05) is 24.3 Å². The van der Waals surface area contributed by atoms with Gasteiger partial charge in [-0.3, -0.25) is 0 Å². The summed E-state index contributed by atoms with van der Waals surface area (Å²) in [6, 6.07) is 10.9. The first kappa shape index (κ1) is 16.2. The fourth-order valence-electron chi connectivity index (χ4n) is 2.20. The maximum atomic E-state index is 13.5. The number of methoxy groups -OCH3 is 1. The zero-order valence-electron chi connectivity index (χ0n) is 12.4. The summed E-state index contributed by atoms with van der Waals surface area (Å²) in [5.74, 6) is -0.387. The summed E-state index contributed by atoms with van der Waals surface area (Å²) in [5.41, 5.74) is 6.87. The van der Waals surface area contributed by atoms with Crippen LogP contribution in [-0.4, -0.2) is 20.3 Å². The predicted molar refractivity (Wildman–Crippen MR) is 81.3 cm³/mol. The Morgan fingerprint density at radius 2 is 1.82 bits per heavy atom. The molecule has 5 heteroatoms. The Morgan fingerprint density at radius 3 is 2.41 bits per heavy atom. The van der Waals surface area contributed by atoms with Crippen molar-refractivity contribution in [3.05, 3.63) is 59.7 Å². The van der Waals surface area contributed by atoms with E-state index in [1.54, 1.807) is 7.11 Å². The van der Waals surface area contributed by atoms with Crippen LogP contribution in [0.25, 0.3) is 0 Å². The summed E-state index contributed by atoms with van der Waals surface area (Å²) in [6.45, 7) is 0.762. The first-order chi connectivity index (χ1) is 10.6. The average Bonchev–Trinajstić information content (AvgIpc) is 2.53. The second-order valence-electron chi connectivity index (χ2n) is 4.92. The molecule has 2 N–H and O–H groups in total. The van der Waals surface area contributed by atoms with Crippen molar-refractivity contribution in [1.29, 1.82) is 0 Å². The van der Waals surface area contributed by atoms with E-state index in [-0.39, 0.29) is 11.7 Å². The molecule has 0 amide bonds. The van der Waals surface area contributed by atoms with Crippen LogP contribution in [0.4, 0.5) is 8.78 Å². The van der Waals surface area contributed by atoms with E-state index in [1.165, 1.54) is 12.1 Å². The lowest BCUT2D eigenvalue weighted by Gasteiger charge is -2.16. The van der Waals surface area contributed by atoms with Gasteiger partial charge in [-0.25, -0.2) is 8.78 Å². The molecular weight excluding hydrogens is 288 g/mol. The molecule has 0 saturated carbocycles. The number of benzene rings is 2. The second-order valence-corrected chi connectivity index (χ2v) is 4.92. The van der Waals surface area contributed by atoms with Gasteiger partial charge in [0.1, 0.15) is 11.6 Å². The van der Waals surface area contributed by atoms with E-state index in [9.17, 15) is 8.78 Å². The molecule has 0 aliphatic rings. The number of ether oxygens (including phenoxy) is 2. The normalized spacial score (nSPS) is 12.0. The second kappa shape index (κ2) is 7.75. The van der Waals surface area contributed by atoms with Crippen LogP contribution >= 0.6 is 0 Å². The van der Waals surface area contributed by atoms with Crippen LogP contribution in [0.15, 0.2) is 42.5 Å². The highest BCUT2D eigenvalue weighted by Gasteiger charge is 2.11. The summed E-state index contributed by atoms with van der Waals surface area (Å²) in [7, 11) is 1.61. The van der Waals surface area contributed by atoms with Crippen LogP contribution in [-0.2, 0) is 0 Å². The lowest BCUT2D eigenvalue weighted by Crippen LogP contribution is -2.15. The van der Waals surface area contributed by atoms with Crippen LogP contribution in [0.1, 0.15) is 17.9 Å². The molecule has 2 rings (SSSR count). The topological polar surface area (TPSA) is 44.5 Å². The van der Waals surface area contributed by atoms with Crippen LogP contribution in [0.3, 0.4) is 0 Å². The Kier molecular flexibility index (Phi) is 5.72. The van der Waals surface area contributed by atoms with Gasteiger partial charge in [0, 0.05) is 6.07 Å². The summed E-state index contributed by atoms with van der Waals surface area (Å²) in [4.78, 5) is 0. The quantitative estimate of drug-likeness (QED) is 0.851. The minimum atomic E-state index is -0.700. The van der Waals surface area contributed by atoms with Crippen molar-refractivity contribution in [2.75, 3.05) is 20.3 Å². The number of nitrogens with two attached hydrogens (primary N) is 1. The van der Waals surface area contributed by atoms with Crippen molar-refractivity contribution in [1.82, 2.24) is 0 Å². The van der Waals surface area contributed by atoms with Gasteiger partial charge in [-0.2, -0.15) is 0 Å². The molecule has 0 aliphatic carbocycles. The number of halogens is 2. The van der Waals surface area contributed by atoms with E-state index < -0.39 is 11.6 Å². The van der Waals surface area contributed by atoms with Gasteiger partial charge in [0.15, 0.2) is 11.6 Å². The number of hydrogen-bond acceptors (Lipinski definition) is 3. The fourth-order valence-corrected chi connectivity index (χ4v) is 2.20. The molecule has 0 heterocycles. The Morgan fingerprint density at radius 1 is 1.09 bits per heavy atom. The zero-order valence-corrected chi connectivity index (χ0v) is 12.4. The third-order valence-electron chi connectivity index (χ3n) is 3.49. The average molecular weight is 307 g/mol. The van der Waals surface area contributed by atoms with Gasteiger partial charge in [-0.05, 0) is 48.7 Å². The molecule has 0 aromatic heterocycles. The summed E-state index contributed by atoms with van der Waals surface area (Å²) < 4.78 is 36.8. The van der Waals surface area contributed by atoms with Gasteiger partial charge in [0.05, 0.1) is 13.7 Å². The Hall–Kier alpha value is -2.14. The summed E-state index contributed by atoms with van der Waals surface area (Å²) in [5, 5.41) is 0. The molecule has 1 unspecified atom stereocenters. The van der Waals surface area contributed by atoms with Crippen LogP contribution in [0.2, 0.25) is 0 Å². The summed E-state index contributed by atoms with van der Waals surface area (Å²) >= 11 is 0. The monoisotopic (exact) mass is 307 g/mol. The van der Waals surface area contributed by atoms with E-state index >= 15 is 0 Å². The summed E-state index contributed by atoms with van der Waals surface area (Å²) in [6.07, 6.45) is 0.639. The molecule has 2 aromatic rings. The molecule has 0 bridgehead atoms. The number of rotatable bonds is 7. The molecule has 3 nitrogen and oxygen atoms in total. The van der Waals surface area contributed by atoms with Gasteiger partial charge in [0.25, 0.3) is 0 Å². The Balaban J connectivity index is 1.93. The Bertz CT molecular complexity index is 602. The predicted octanol–water partition coefficient (Wildman–Crippen LogP) is 3.48. The molecule has 0 aliphatic heterocycles. The molecule has 1 atom stereocenters. The van der Waals surface area contributed by atoms with Gasteiger partial charge in [-0.15, -0.1) is 0 Å². The molecule has 0 radical (unpaired) electrons. The fraction of sp³-hybridized carbons (Fsp3) is 0.294. The molecule has 0 spiro atoms. The van der Waals surface area contributed by atoms with Crippen molar-refractivity contribution in [3.63, 3.8) is 0 Å².